The van der Waals surface area contributed by atoms with Gasteiger partial charge in [0, 0.05) is 16.7 Å². The Morgan fingerprint density at radius 2 is 1.57 bits per heavy atom. The third-order valence-electron chi connectivity index (χ3n) is 3.29. The van der Waals surface area contributed by atoms with Crippen molar-refractivity contribution in [1.29, 1.82) is 0 Å². The van der Waals surface area contributed by atoms with Crippen molar-refractivity contribution in [3.05, 3.63) is 56.5 Å². The Labute approximate surface area is 168 Å². The van der Waals surface area contributed by atoms with Crippen molar-refractivity contribution >= 4 is 39.2 Å². The van der Waals surface area contributed by atoms with Crippen LogP contribution >= 0.6 is 15.9 Å². The zero-order valence-electron chi connectivity index (χ0n) is 14.8. The van der Waals surface area contributed by atoms with Gasteiger partial charge >= 0.3 is 11.9 Å². The molecule has 0 aromatic heterocycles. The van der Waals surface area contributed by atoms with Gasteiger partial charge in [-0.05, 0) is 30.3 Å². The van der Waals surface area contributed by atoms with Crippen LogP contribution in [0.3, 0.4) is 0 Å². The van der Waals surface area contributed by atoms with E-state index < -0.39 is 16.9 Å². The van der Waals surface area contributed by atoms with Gasteiger partial charge in [-0.15, -0.1) is 0 Å². The number of ether oxygens (including phenoxy) is 2. The SMILES string of the molecule is COc1cc(CNc2ccc(Br)cc2)c([N+](=O)[O-])cc1OC.O=C(O)C(=O)O. The Morgan fingerprint density at radius 3 is 2.00 bits per heavy atom. The van der Waals surface area contributed by atoms with E-state index in [1.54, 1.807) is 6.07 Å². The van der Waals surface area contributed by atoms with Crippen molar-refractivity contribution in [1.82, 2.24) is 0 Å². The average Bonchev–Trinajstić information content (AvgIpc) is 2.67. The summed E-state index contributed by atoms with van der Waals surface area (Å²) in [4.78, 5) is 29.0. The highest BCUT2D eigenvalue weighted by Crippen LogP contribution is 2.34. The minimum absolute atomic E-state index is 0.0118. The first-order valence-corrected chi connectivity index (χ1v) is 8.33. The van der Waals surface area contributed by atoms with Crippen molar-refractivity contribution in [3.8, 4) is 11.5 Å². The number of carboxylic acids is 2. The molecule has 0 unspecified atom stereocenters. The maximum Gasteiger partial charge on any atom is 0.414 e. The standard InChI is InChI=1S/C15H15BrN2O4.C2H2O4/c1-21-14-7-10(13(18(19)20)8-15(14)22-2)9-17-12-5-3-11(16)4-6-12;3-1(4)2(5)6/h3-8,17H,9H2,1-2H3;(H,3,4)(H,5,6). The summed E-state index contributed by atoms with van der Waals surface area (Å²) in [5.41, 5.74) is 1.38. The maximum atomic E-state index is 11.2. The number of aliphatic carboxylic acids is 2. The van der Waals surface area contributed by atoms with Gasteiger partial charge in [0.15, 0.2) is 11.5 Å². The molecule has 3 N–H and O–H groups in total. The fourth-order valence-electron chi connectivity index (χ4n) is 1.99. The van der Waals surface area contributed by atoms with Gasteiger partial charge in [0.1, 0.15) is 0 Å². The van der Waals surface area contributed by atoms with E-state index in [2.05, 4.69) is 21.2 Å². The summed E-state index contributed by atoms with van der Waals surface area (Å²) >= 11 is 3.36. The molecule has 0 heterocycles. The van der Waals surface area contributed by atoms with Crippen molar-refractivity contribution in [3.63, 3.8) is 0 Å². The van der Waals surface area contributed by atoms with Crippen LogP contribution in [0.15, 0.2) is 40.9 Å². The first kappa shape index (κ1) is 22.7. The van der Waals surface area contributed by atoms with Crippen molar-refractivity contribution < 1.29 is 34.2 Å². The molecule has 0 amide bonds. The number of rotatable bonds is 6. The molecule has 10 nitrogen and oxygen atoms in total. The van der Waals surface area contributed by atoms with E-state index in [4.69, 9.17) is 29.3 Å². The van der Waals surface area contributed by atoms with Gasteiger partial charge < -0.3 is 25.0 Å². The second-order valence-corrected chi connectivity index (χ2v) is 5.98. The van der Waals surface area contributed by atoms with Crippen LogP contribution in [0.25, 0.3) is 0 Å². The quantitative estimate of drug-likeness (QED) is 0.338. The number of benzene rings is 2. The third-order valence-corrected chi connectivity index (χ3v) is 3.82. The summed E-state index contributed by atoms with van der Waals surface area (Å²) in [7, 11) is 2.94. The number of methoxy groups -OCH3 is 2. The largest absolute Gasteiger partial charge is 0.493 e. The normalized spacial score (nSPS) is 9.54. The first-order valence-electron chi connectivity index (χ1n) is 7.54. The van der Waals surface area contributed by atoms with E-state index >= 15 is 0 Å². The van der Waals surface area contributed by atoms with Crippen LogP contribution in [0.5, 0.6) is 11.5 Å². The molecule has 2 aromatic carbocycles. The number of halogens is 1. The number of nitro groups is 1. The molecule has 2 aromatic rings. The Hall–Kier alpha value is -3.34. The Balaban J connectivity index is 0.000000568. The maximum absolute atomic E-state index is 11.2. The average molecular weight is 457 g/mol. The minimum Gasteiger partial charge on any atom is -0.493 e. The highest BCUT2D eigenvalue weighted by molar-refractivity contribution is 9.10. The lowest BCUT2D eigenvalue weighted by molar-refractivity contribution is -0.385. The first-order chi connectivity index (χ1) is 13.2. The van der Waals surface area contributed by atoms with E-state index in [1.165, 1.54) is 20.3 Å². The van der Waals surface area contributed by atoms with Crippen LogP contribution in [0.4, 0.5) is 11.4 Å². The number of carbonyl (C=O) groups is 2. The molecule has 0 spiro atoms. The zero-order valence-corrected chi connectivity index (χ0v) is 16.4. The zero-order chi connectivity index (χ0) is 21.3. The summed E-state index contributed by atoms with van der Waals surface area (Å²) in [5.74, 6) is -2.85. The van der Waals surface area contributed by atoms with Crippen LogP contribution < -0.4 is 14.8 Å². The summed E-state index contributed by atoms with van der Waals surface area (Å²) in [6.45, 7) is 0.304. The fraction of sp³-hybridized carbons (Fsp3) is 0.176. The predicted octanol–water partition coefficient (Wildman–Crippen LogP) is 3.14. The molecule has 28 heavy (non-hydrogen) atoms. The number of nitro benzene ring substituents is 1. The number of nitrogens with zero attached hydrogens (tertiary/aromatic N) is 1. The van der Waals surface area contributed by atoms with E-state index in [1.807, 2.05) is 24.3 Å². The lowest BCUT2D eigenvalue weighted by Crippen LogP contribution is -2.09. The van der Waals surface area contributed by atoms with E-state index in [0.29, 0.717) is 23.6 Å². The molecule has 0 aliphatic heterocycles. The molecule has 0 fully saturated rings. The molecule has 0 aliphatic carbocycles. The topological polar surface area (TPSA) is 148 Å². The molecule has 0 saturated heterocycles. The molecular weight excluding hydrogens is 440 g/mol. The van der Waals surface area contributed by atoms with E-state index in [9.17, 15) is 10.1 Å². The second-order valence-electron chi connectivity index (χ2n) is 5.06. The summed E-state index contributed by atoms with van der Waals surface area (Å²) in [6.07, 6.45) is 0. The molecule has 11 heteroatoms. The number of carboxylic acid groups (broad SMARTS) is 2. The molecule has 150 valence electrons. The van der Waals surface area contributed by atoms with Gasteiger partial charge in [-0.1, -0.05) is 15.9 Å². The van der Waals surface area contributed by atoms with Crippen LogP contribution in [0, 0.1) is 10.1 Å². The predicted molar refractivity (Wildman–Crippen MR) is 103 cm³/mol. The van der Waals surface area contributed by atoms with Crippen LogP contribution in [-0.2, 0) is 16.1 Å². The number of anilines is 1. The Bertz CT molecular complexity index is 843. The van der Waals surface area contributed by atoms with Crippen LogP contribution in [-0.4, -0.2) is 41.3 Å². The number of hydrogen-bond acceptors (Lipinski definition) is 7. The molecule has 0 bridgehead atoms. The lowest BCUT2D eigenvalue weighted by Gasteiger charge is -2.12. The molecular formula is C17H17BrN2O8. The molecule has 0 saturated carbocycles. The van der Waals surface area contributed by atoms with Crippen molar-refractivity contribution in [2.75, 3.05) is 19.5 Å². The van der Waals surface area contributed by atoms with Gasteiger partial charge in [0.2, 0.25) is 0 Å². The Morgan fingerprint density at radius 1 is 1.07 bits per heavy atom. The summed E-state index contributed by atoms with van der Waals surface area (Å²) < 4.78 is 11.3. The monoisotopic (exact) mass is 456 g/mol. The molecule has 2 rings (SSSR count). The third kappa shape index (κ3) is 6.76. The minimum atomic E-state index is -1.82. The van der Waals surface area contributed by atoms with Crippen molar-refractivity contribution in [2.45, 2.75) is 6.54 Å². The summed E-state index contributed by atoms with van der Waals surface area (Å²) in [5, 5.41) is 29.2. The lowest BCUT2D eigenvalue weighted by atomic mass is 10.1. The van der Waals surface area contributed by atoms with Crippen LogP contribution in [0.1, 0.15) is 5.56 Å². The smallest absolute Gasteiger partial charge is 0.414 e. The number of nitrogens with one attached hydrogen (secondary N) is 1. The molecule has 0 atom stereocenters. The van der Waals surface area contributed by atoms with Gasteiger partial charge in [0.05, 0.1) is 30.8 Å². The van der Waals surface area contributed by atoms with Crippen molar-refractivity contribution in [2.24, 2.45) is 0 Å². The van der Waals surface area contributed by atoms with Gasteiger partial charge in [-0.25, -0.2) is 9.59 Å². The molecule has 0 radical (unpaired) electrons. The van der Waals surface area contributed by atoms with E-state index in [0.717, 1.165) is 10.2 Å². The highest BCUT2D eigenvalue weighted by atomic mass is 79.9. The summed E-state index contributed by atoms with van der Waals surface area (Å²) in [6, 6.07) is 10.5. The highest BCUT2D eigenvalue weighted by Gasteiger charge is 2.19. The fourth-order valence-corrected chi connectivity index (χ4v) is 2.25. The second kappa shape index (κ2) is 10.7. The Kier molecular flexibility index (Phi) is 8.69. The van der Waals surface area contributed by atoms with Crippen LogP contribution in [0.2, 0.25) is 0 Å². The van der Waals surface area contributed by atoms with Gasteiger partial charge in [-0.3, -0.25) is 10.1 Å². The molecule has 0 aliphatic rings. The number of hydrogen-bond donors (Lipinski definition) is 3. The van der Waals surface area contributed by atoms with Gasteiger partial charge in [-0.2, -0.15) is 0 Å². The van der Waals surface area contributed by atoms with Gasteiger partial charge in [0.25, 0.3) is 5.69 Å². The van der Waals surface area contributed by atoms with E-state index in [-0.39, 0.29) is 5.69 Å².